The maximum atomic E-state index is 12.6. The van der Waals surface area contributed by atoms with Crippen LogP contribution in [-0.4, -0.2) is 64.1 Å². The first-order valence-electron chi connectivity index (χ1n) is 8.47. The zero-order valence-corrected chi connectivity index (χ0v) is 13.5. The van der Waals surface area contributed by atoms with Crippen molar-refractivity contribution in [3.8, 4) is 0 Å². The number of amides is 1. The van der Waals surface area contributed by atoms with Gasteiger partial charge in [0.15, 0.2) is 0 Å². The highest BCUT2D eigenvalue weighted by molar-refractivity contribution is 5.79. The Morgan fingerprint density at radius 1 is 1.22 bits per heavy atom. The second kappa shape index (κ2) is 7.38. The van der Waals surface area contributed by atoms with Gasteiger partial charge in [0.1, 0.15) is 0 Å². The Labute approximate surface area is 137 Å². The van der Waals surface area contributed by atoms with Gasteiger partial charge in [-0.25, -0.2) is 0 Å². The minimum absolute atomic E-state index is 0.105. The van der Waals surface area contributed by atoms with E-state index in [1.54, 1.807) is 0 Å². The molecule has 1 aliphatic carbocycles. The average molecular weight is 318 g/mol. The third-order valence-corrected chi connectivity index (χ3v) is 4.98. The second-order valence-corrected chi connectivity index (χ2v) is 6.71. The van der Waals surface area contributed by atoms with Gasteiger partial charge in [-0.3, -0.25) is 14.7 Å². The van der Waals surface area contributed by atoms with Gasteiger partial charge < -0.3 is 15.7 Å². The Kier molecular flexibility index (Phi) is 5.25. The summed E-state index contributed by atoms with van der Waals surface area (Å²) >= 11 is 0. The molecule has 3 rings (SSSR count). The van der Waals surface area contributed by atoms with Gasteiger partial charge in [-0.05, 0) is 37.0 Å². The van der Waals surface area contributed by atoms with Gasteiger partial charge in [0, 0.05) is 57.1 Å². The van der Waals surface area contributed by atoms with Gasteiger partial charge in [-0.15, -0.1) is 0 Å². The fourth-order valence-electron chi connectivity index (χ4n) is 3.60. The zero-order valence-electron chi connectivity index (χ0n) is 13.5. The number of pyridine rings is 1. The van der Waals surface area contributed by atoms with Crippen LogP contribution in [0.1, 0.15) is 24.8 Å². The number of hydrogen-bond acceptors (Lipinski definition) is 5. The van der Waals surface area contributed by atoms with Gasteiger partial charge in [0.25, 0.3) is 0 Å². The number of aromatic nitrogens is 1. The zero-order chi connectivity index (χ0) is 16.2. The lowest BCUT2D eigenvalue weighted by Gasteiger charge is -2.24. The topological polar surface area (TPSA) is 82.7 Å². The van der Waals surface area contributed by atoms with Crippen LogP contribution in [0.25, 0.3) is 0 Å². The van der Waals surface area contributed by atoms with E-state index in [-0.39, 0.29) is 17.9 Å². The summed E-state index contributed by atoms with van der Waals surface area (Å²) in [7, 11) is 0. The SMILES string of the molecule is N[C@H]1C[C@H](C(=O)N2CCCN(Cc3ccncc3)CC2)C[C@@H]1O. The lowest BCUT2D eigenvalue weighted by molar-refractivity contribution is -0.135. The van der Waals surface area contributed by atoms with Crippen LogP contribution in [0, 0.1) is 5.92 Å². The Hall–Kier alpha value is -1.50. The normalized spacial score (nSPS) is 29.5. The molecule has 1 aliphatic heterocycles. The molecule has 0 unspecified atom stereocenters. The quantitative estimate of drug-likeness (QED) is 0.833. The number of carbonyl (C=O) groups excluding carboxylic acids is 1. The molecule has 2 aliphatic rings. The molecule has 3 atom stereocenters. The van der Waals surface area contributed by atoms with E-state index in [4.69, 9.17) is 5.73 Å². The van der Waals surface area contributed by atoms with Crippen LogP contribution in [0.15, 0.2) is 24.5 Å². The van der Waals surface area contributed by atoms with Crippen LogP contribution in [-0.2, 0) is 11.3 Å². The maximum Gasteiger partial charge on any atom is 0.225 e. The summed E-state index contributed by atoms with van der Waals surface area (Å²) in [5.41, 5.74) is 7.10. The molecular weight excluding hydrogens is 292 g/mol. The molecule has 0 aromatic carbocycles. The molecule has 23 heavy (non-hydrogen) atoms. The minimum Gasteiger partial charge on any atom is -0.391 e. The number of hydrogen-bond donors (Lipinski definition) is 2. The number of rotatable bonds is 3. The summed E-state index contributed by atoms with van der Waals surface area (Å²) < 4.78 is 0. The van der Waals surface area contributed by atoms with Gasteiger partial charge >= 0.3 is 0 Å². The van der Waals surface area contributed by atoms with Crippen LogP contribution >= 0.6 is 0 Å². The van der Waals surface area contributed by atoms with Crippen molar-refractivity contribution < 1.29 is 9.90 Å². The van der Waals surface area contributed by atoms with Crippen molar-refractivity contribution in [2.24, 2.45) is 11.7 Å². The fraction of sp³-hybridized carbons (Fsp3) is 0.647. The van der Waals surface area contributed by atoms with E-state index in [1.807, 2.05) is 29.4 Å². The van der Waals surface area contributed by atoms with E-state index in [0.29, 0.717) is 12.8 Å². The van der Waals surface area contributed by atoms with Gasteiger partial charge in [0.05, 0.1) is 6.10 Å². The molecule has 1 aromatic heterocycles. The van der Waals surface area contributed by atoms with Gasteiger partial charge in [0.2, 0.25) is 5.91 Å². The standard InChI is InChI=1S/C17H26N4O2/c18-15-10-14(11-16(15)22)17(23)21-7-1-6-20(8-9-21)12-13-2-4-19-5-3-13/h2-5,14-16,22H,1,6-12,18H2/t14-,15-,16-/m0/s1. The van der Waals surface area contributed by atoms with Crippen molar-refractivity contribution in [2.45, 2.75) is 38.0 Å². The third-order valence-electron chi connectivity index (χ3n) is 4.98. The number of carbonyl (C=O) groups is 1. The Morgan fingerprint density at radius 2 is 2.00 bits per heavy atom. The van der Waals surface area contributed by atoms with Crippen molar-refractivity contribution in [1.82, 2.24) is 14.8 Å². The van der Waals surface area contributed by atoms with E-state index in [2.05, 4.69) is 9.88 Å². The van der Waals surface area contributed by atoms with Crippen LogP contribution in [0.2, 0.25) is 0 Å². The molecule has 3 N–H and O–H groups in total. The highest BCUT2D eigenvalue weighted by Crippen LogP contribution is 2.27. The van der Waals surface area contributed by atoms with E-state index in [0.717, 1.165) is 39.1 Å². The van der Waals surface area contributed by atoms with Crippen molar-refractivity contribution in [3.05, 3.63) is 30.1 Å². The van der Waals surface area contributed by atoms with E-state index < -0.39 is 6.10 Å². The smallest absolute Gasteiger partial charge is 0.225 e. The summed E-state index contributed by atoms with van der Waals surface area (Å²) in [6.07, 6.45) is 5.21. The number of nitrogens with zero attached hydrogens (tertiary/aromatic N) is 3. The van der Waals surface area contributed by atoms with Crippen molar-refractivity contribution >= 4 is 5.91 Å². The van der Waals surface area contributed by atoms with Crippen LogP contribution < -0.4 is 5.73 Å². The molecule has 1 saturated heterocycles. The summed E-state index contributed by atoms with van der Waals surface area (Å²) in [5.74, 6) is 0.0644. The molecule has 6 nitrogen and oxygen atoms in total. The molecule has 6 heteroatoms. The van der Waals surface area contributed by atoms with Gasteiger partial charge in [-0.1, -0.05) is 0 Å². The van der Waals surface area contributed by atoms with Crippen LogP contribution in [0.3, 0.4) is 0 Å². The molecule has 0 spiro atoms. The first-order chi connectivity index (χ1) is 11.1. The van der Waals surface area contributed by atoms with E-state index in [1.165, 1.54) is 5.56 Å². The predicted octanol–water partition coefficient (Wildman–Crippen LogP) is 0.214. The van der Waals surface area contributed by atoms with Crippen molar-refractivity contribution in [1.29, 1.82) is 0 Å². The number of aliphatic hydroxyl groups excluding tert-OH is 1. The molecule has 126 valence electrons. The Balaban J connectivity index is 1.53. The lowest BCUT2D eigenvalue weighted by Crippen LogP contribution is -2.38. The largest absolute Gasteiger partial charge is 0.391 e. The molecule has 1 saturated carbocycles. The fourth-order valence-corrected chi connectivity index (χ4v) is 3.60. The van der Waals surface area contributed by atoms with Gasteiger partial charge in [-0.2, -0.15) is 0 Å². The summed E-state index contributed by atoms with van der Waals surface area (Å²) in [6.45, 7) is 4.34. The van der Waals surface area contributed by atoms with Crippen molar-refractivity contribution in [3.63, 3.8) is 0 Å². The highest BCUT2D eigenvalue weighted by Gasteiger charge is 2.37. The monoisotopic (exact) mass is 318 g/mol. The lowest BCUT2D eigenvalue weighted by atomic mass is 10.1. The number of nitrogens with two attached hydrogens (primary N) is 1. The Bertz CT molecular complexity index is 515. The average Bonchev–Trinajstić information content (AvgIpc) is 2.76. The molecule has 0 bridgehead atoms. The van der Waals surface area contributed by atoms with Crippen LogP contribution in [0.4, 0.5) is 0 Å². The van der Waals surface area contributed by atoms with Crippen molar-refractivity contribution in [2.75, 3.05) is 26.2 Å². The first-order valence-corrected chi connectivity index (χ1v) is 8.47. The summed E-state index contributed by atoms with van der Waals surface area (Å²) in [6, 6.07) is 3.82. The minimum atomic E-state index is -0.529. The van der Waals surface area contributed by atoms with E-state index >= 15 is 0 Å². The van der Waals surface area contributed by atoms with Crippen LogP contribution in [0.5, 0.6) is 0 Å². The number of aliphatic hydroxyl groups is 1. The molecule has 1 amide bonds. The first kappa shape index (κ1) is 16.4. The molecule has 2 fully saturated rings. The predicted molar refractivity (Wildman–Crippen MR) is 87.4 cm³/mol. The Morgan fingerprint density at radius 3 is 2.70 bits per heavy atom. The maximum absolute atomic E-state index is 12.6. The van der Waals surface area contributed by atoms with E-state index in [9.17, 15) is 9.90 Å². The molecule has 2 heterocycles. The highest BCUT2D eigenvalue weighted by atomic mass is 16.3. The molecular formula is C17H26N4O2. The second-order valence-electron chi connectivity index (χ2n) is 6.71. The molecule has 0 radical (unpaired) electrons. The summed E-state index contributed by atoms with van der Waals surface area (Å²) in [5, 5.41) is 9.77. The third kappa shape index (κ3) is 4.07. The molecule has 1 aromatic rings. The summed E-state index contributed by atoms with van der Waals surface area (Å²) in [4.78, 5) is 21.0.